The minimum atomic E-state index is -3.54. The van der Waals surface area contributed by atoms with Crippen molar-refractivity contribution in [3.8, 4) is 0 Å². The normalized spacial score (nSPS) is 22.6. The zero-order valence-electron chi connectivity index (χ0n) is 8.57. The van der Waals surface area contributed by atoms with Crippen LogP contribution in [0.2, 0.25) is 0 Å². The molecule has 1 amide bonds. The van der Waals surface area contributed by atoms with Crippen molar-refractivity contribution in [1.82, 2.24) is 4.90 Å². The number of hydrogen-bond donors (Lipinski definition) is 1. The Labute approximate surface area is 96.5 Å². The number of furan rings is 1. The molecule has 8 heteroatoms. The van der Waals surface area contributed by atoms with Crippen molar-refractivity contribution in [3.63, 3.8) is 0 Å². The molecule has 0 aromatic carbocycles. The number of carboxylic acids is 1. The lowest BCUT2D eigenvalue weighted by Gasteiger charge is -2.17. The monoisotopic (exact) mass is 259 g/mol. The highest BCUT2D eigenvalue weighted by molar-refractivity contribution is 7.91. The largest absolute Gasteiger partial charge is 0.480 e. The first kappa shape index (κ1) is 11.6. The van der Waals surface area contributed by atoms with Crippen LogP contribution in [0.25, 0.3) is 0 Å². The number of nitrogens with zero attached hydrogens (tertiary/aromatic N) is 1. The van der Waals surface area contributed by atoms with Crippen LogP contribution in [-0.4, -0.2) is 48.0 Å². The average Bonchev–Trinajstić information content (AvgIpc) is 2.83. The van der Waals surface area contributed by atoms with Crippen molar-refractivity contribution < 1.29 is 27.5 Å². The molecule has 0 saturated carbocycles. The summed E-state index contributed by atoms with van der Waals surface area (Å²) in [5.41, 5.74) is 0. The van der Waals surface area contributed by atoms with Gasteiger partial charge in [0, 0.05) is 0 Å². The fraction of sp³-hybridized carbons (Fsp3) is 0.333. The lowest BCUT2D eigenvalue weighted by molar-refractivity contribution is -0.140. The summed E-state index contributed by atoms with van der Waals surface area (Å²) in [5.74, 6) is -3.30. The maximum Gasteiger partial charge on any atom is 0.327 e. The molecule has 1 N–H and O–H groups in total. The molecule has 0 spiro atoms. The van der Waals surface area contributed by atoms with Crippen LogP contribution in [0.4, 0.5) is 0 Å². The van der Waals surface area contributed by atoms with Gasteiger partial charge in [0.1, 0.15) is 11.9 Å². The molecule has 0 aliphatic carbocycles. The van der Waals surface area contributed by atoms with E-state index in [-0.39, 0.29) is 5.76 Å². The topological polar surface area (TPSA) is 105 Å². The summed E-state index contributed by atoms with van der Waals surface area (Å²) in [5, 5.41) is 8.87. The van der Waals surface area contributed by atoms with Gasteiger partial charge >= 0.3 is 5.97 Å². The third kappa shape index (κ3) is 2.16. The quantitative estimate of drug-likeness (QED) is 0.772. The standard InChI is InChI=1S/C9H9NO6S/c11-8(7-2-1-3-16-7)10-5-17(14,15)4-6(10)9(12)13/h1-3,6H,4-5H2,(H,12,13)/t6-/m0/s1. The number of carboxylic acid groups (broad SMARTS) is 1. The van der Waals surface area contributed by atoms with E-state index in [2.05, 4.69) is 0 Å². The van der Waals surface area contributed by atoms with Crippen molar-refractivity contribution in [3.05, 3.63) is 24.2 Å². The van der Waals surface area contributed by atoms with E-state index in [1.807, 2.05) is 0 Å². The summed E-state index contributed by atoms with van der Waals surface area (Å²) in [4.78, 5) is 23.5. The SMILES string of the molecule is O=C(O)[C@@H]1CS(=O)(=O)CN1C(=O)c1ccco1. The van der Waals surface area contributed by atoms with Gasteiger partial charge in [-0.2, -0.15) is 0 Å². The van der Waals surface area contributed by atoms with Gasteiger partial charge in [0.05, 0.1) is 12.0 Å². The molecular weight excluding hydrogens is 250 g/mol. The molecule has 17 heavy (non-hydrogen) atoms. The van der Waals surface area contributed by atoms with Gasteiger partial charge in [-0.25, -0.2) is 13.2 Å². The van der Waals surface area contributed by atoms with Gasteiger partial charge in [0.2, 0.25) is 0 Å². The lowest BCUT2D eigenvalue weighted by atomic mass is 10.3. The summed E-state index contributed by atoms with van der Waals surface area (Å²) < 4.78 is 27.5. The average molecular weight is 259 g/mol. The van der Waals surface area contributed by atoms with Gasteiger partial charge in [-0.05, 0) is 12.1 Å². The molecule has 0 radical (unpaired) electrons. The van der Waals surface area contributed by atoms with E-state index in [9.17, 15) is 18.0 Å². The summed E-state index contributed by atoms with van der Waals surface area (Å²) in [6.45, 7) is 0. The third-order valence-corrected chi connectivity index (χ3v) is 3.90. The Balaban J connectivity index is 2.31. The van der Waals surface area contributed by atoms with E-state index in [4.69, 9.17) is 9.52 Å². The van der Waals surface area contributed by atoms with Crippen molar-refractivity contribution in [2.75, 3.05) is 11.6 Å². The van der Waals surface area contributed by atoms with E-state index in [1.54, 1.807) is 0 Å². The molecule has 1 saturated heterocycles. The third-order valence-electron chi connectivity index (χ3n) is 2.40. The smallest absolute Gasteiger partial charge is 0.327 e. The zero-order chi connectivity index (χ0) is 12.6. The predicted molar refractivity (Wildman–Crippen MR) is 55.0 cm³/mol. The first-order valence-corrected chi connectivity index (χ1v) is 6.50. The van der Waals surface area contributed by atoms with Crippen molar-refractivity contribution in [1.29, 1.82) is 0 Å². The second kappa shape index (κ2) is 3.88. The van der Waals surface area contributed by atoms with Crippen LogP contribution in [0.15, 0.2) is 22.8 Å². The molecule has 1 atom stereocenters. The van der Waals surface area contributed by atoms with E-state index in [0.29, 0.717) is 0 Å². The van der Waals surface area contributed by atoms with Gasteiger partial charge in [0.15, 0.2) is 15.6 Å². The van der Waals surface area contributed by atoms with Crippen LogP contribution >= 0.6 is 0 Å². The van der Waals surface area contributed by atoms with Gasteiger partial charge in [-0.1, -0.05) is 0 Å². The molecule has 1 aliphatic rings. The summed E-state index contributed by atoms with van der Waals surface area (Å²) >= 11 is 0. The van der Waals surface area contributed by atoms with Gasteiger partial charge in [-0.3, -0.25) is 4.79 Å². The van der Waals surface area contributed by atoms with Crippen LogP contribution in [0, 0.1) is 0 Å². The minimum Gasteiger partial charge on any atom is -0.480 e. The van der Waals surface area contributed by atoms with E-state index < -0.39 is 39.4 Å². The van der Waals surface area contributed by atoms with Gasteiger partial charge in [0.25, 0.3) is 5.91 Å². The highest BCUT2D eigenvalue weighted by Crippen LogP contribution is 2.19. The highest BCUT2D eigenvalue weighted by atomic mass is 32.2. The number of hydrogen-bond acceptors (Lipinski definition) is 5. The summed E-state index contributed by atoms with van der Waals surface area (Å²) in [7, 11) is -3.54. The van der Waals surface area contributed by atoms with Crippen molar-refractivity contribution >= 4 is 21.7 Å². The number of rotatable bonds is 2. The Bertz CT molecular complexity index is 546. The van der Waals surface area contributed by atoms with Crippen LogP contribution in [0.5, 0.6) is 0 Å². The van der Waals surface area contributed by atoms with E-state index in [0.717, 1.165) is 4.90 Å². The fourth-order valence-electron chi connectivity index (χ4n) is 1.63. The molecular formula is C9H9NO6S. The van der Waals surface area contributed by atoms with Gasteiger partial charge in [-0.15, -0.1) is 0 Å². The predicted octanol–water partition coefficient (Wildman–Crippen LogP) is -0.439. The van der Waals surface area contributed by atoms with Crippen molar-refractivity contribution in [2.24, 2.45) is 0 Å². The number of aliphatic carboxylic acids is 1. The molecule has 7 nitrogen and oxygen atoms in total. The van der Waals surface area contributed by atoms with E-state index >= 15 is 0 Å². The first-order valence-electron chi connectivity index (χ1n) is 4.68. The van der Waals surface area contributed by atoms with Crippen LogP contribution in [-0.2, 0) is 14.6 Å². The lowest BCUT2D eigenvalue weighted by Crippen LogP contribution is -2.41. The van der Waals surface area contributed by atoms with E-state index in [1.165, 1.54) is 18.4 Å². The maximum atomic E-state index is 11.8. The molecule has 2 heterocycles. The second-order valence-electron chi connectivity index (χ2n) is 3.65. The number of carbonyl (C=O) groups is 2. The Kier molecular flexibility index (Phi) is 2.66. The fourth-order valence-corrected chi connectivity index (χ4v) is 3.26. The highest BCUT2D eigenvalue weighted by Gasteiger charge is 2.43. The van der Waals surface area contributed by atoms with Crippen molar-refractivity contribution in [2.45, 2.75) is 6.04 Å². The molecule has 92 valence electrons. The number of carbonyl (C=O) groups excluding carboxylic acids is 1. The molecule has 1 aromatic rings. The van der Waals surface area contributed by atoms with Gasteiger partial charge < -0.3 is 14.4 Å². The Morgan fingerprint density at radius 3 is 2.71 bits per heavy atom. The summed E-state index contributed by atoms with van der Waals surface area (Å²) in [6, 6.07) is 1.47. The maximum absolute atomic E-state index is 11.8. The molecule has 1 fully saturated rings. The number of sulfone groups is 1. The van der Waals surface area contributed by atoms with Crippen LogP contribution in [0.3, 0.4) is 0 Å². The summed E-state index contributed by atoms with van der Waals surface area (Å²) in [6.07, 6.45) is 1.26. The first-order chi connectivity index (χ1) is 7.91. The molecule has 0 unspecified atom stereocenters. The molecule has 1 aromatic heterocycles. The minimum absolute atomic E-state index is 0.0756. The Hall–Kier alpha value is -1.83. The molecule has 0 bridgehead atoms. The Morgan fingerprint density at radius 1 is 1.47 bits per heavy atom. The number of amides is 1. The Morgan fingerprint density at radius 2 is 2.18 bits per heavy atom. The van der Waals surface area contributed by atoms with Crippen LogP contribution < -0.4 is 0 Å². The zero-order valence-corrected chi connectivity index (χ0v) is 9.38. The van der Waals surface area contributed by atoms with Crippen LogP contribution in [0.1, 0.15) is 10.6 Å². The molecule has 1 aliphatic heterocycles. The second-order valence-corrected chi connectivity index (χ2v) is 5.72. The molecule has 2 rings (SSSR count).